The highest BCUT2D eigenvalue weighted by molar-refractivity contribution is 9.10. The van der Waals surface area contributed by atoms with E-state index >= 15 is 0 Å². The molecule has 0 aliphatic heterocycles. The summed E-state index contributed by atoms with van der Waals surface area (Å²) in [5, 5.41) is 9.00. The molecule has 0 saturated heterocycles. The molecule has 18 heavy (non-hydrogen) atoms. The fraction of sp³-hybridized carbons (Fsp3) is 0. The zero-order chi connectivity index (χ0) is 13.1. The number of nitrogens with two attached hydrogens (primary N) is 1. The zero-order valence-electron chi connectivity index (χ0n) is 9.26. The van der Waals surface area contributed by atoms with Crippen LogP contribution in [0.25, 0.3) is 0 Å². The highest BCUT2D eigenvalue weighted by Gasteiger charge is 2.11. The molecule has 0 unspecified atom stereocenters. The van der Waals surface area contributed by atoms with E-state index < -0.39 is 5.97 Å². The lowest BCUT2D eigenvalue weighted by Gasteiger charge is -2.07. The quantitative estimate of drug-likeness (QED) is 0.841. The van der Waals surface area contributed by atoms with Gasteiger partial charge in [0.2, 0.25) is 0 Å². The van der Waals surface area contributed by atoms with Gasteiger partial charge in [0.05, 0.1) is 11.3 Å². The predicted molar refractivity (Wildman–Crippen MR) is 76.1 cm³/mol. The first kappa shape index (κ1) is 13.0. The normalized spacial score (nSPS) is 10.3. The first-order valence-electron chi connectivity index (χ1n) is 5.13. The first-order valence-corrected chi connectivity index (χ1v) is 6.74. The molecule has 0 fully saturated rings. The molecule has 0 atom stereocenters. The summed E-state index contributed by atoms with van der Waals surface area (Å²) in [6.45, 7) is 0. The van der Waals surface area contributed by atoms with Crippen molar-refractivity contribution in [1.82, 2.24) is 0 Å². The Bertz CT molecular complexity index is 584. The Hall–Kier alpha value is -1.46. The van der Waals surface area contributed by atoms with Crippen LogP contribution in [0.1, 0.15) is 10.4 Å². The van der Waals surface area contributed by atoms with Crippen LogP contribution < -0.4 is 5.73 Å². The molecule has 2 rings (SSSR count). The van der Waals surface area contributed by atoms with Gasteiger partial charge in [0.1, 0.15) is 0 Å². The molecule has 0 aromatic heterocycles. The number of benzene rings is 2. The number of aromatic carboxylic acids is 1. The molecule has 0 heterocycles. The maximum atomic E-state index is 11.0. The lowest BCUT2D eigenvalue weighted by molar-refractivity contribution is 0.0698. The fourth-order valence-corrected chi connectivity index (χ4v) is 2.61. The first-order chi connectivity index (χ1) is 8.58. The smallest absolute Gasteiger partial charge is 0.337 e. The van der Waals surface area contributed by atoms with Crippen LogP contribution in [0, 0.1) is 0 Å². The molecule has 92 valence electrons. The Balaban J connectivity index is 2.32. The third kappa shape index (κ3) is 2.86. The number of hydrogen-bond acceptors (Lipinski definition) is 3. The van der Waals surface area contributed by atoms with Crippen LogP contribution in [-0.2, 0) is 0 Å². The van der Waals surface area contributed by atoms with Gasteiger partial charge >= 0.3 is 5.97 Å². The Morgan fingerprint density at radius 2 is 1.83 bits per heavy atom. The number of carboxylic acid groups (broad SMARTS) is 1. The van der Waals surface area contributed by atoms with E-state index in [9.17, 15) is 4.79 Å². The van der Waals surface area contributed by atoms with E-state index in [2.05, 4.69) is 15.9 Å². The van der Waals surface area contributed by atoms with Crippen molar-refractivity contribution in [1.29, 1.82) is 0 Å². The zero-order valence-corrected chi connectivity index (χ0v) is 11.7. The fourth-order valence-electron chi connectivity index (χ4n) is 1.45. The molecule has 0 aliphatic carbocycles. The van der Waals surface area contributed by atoms with E-state index in [1.807, 2.05) is 30.3 Å². The third-order valence-electron chi connectivity index (χ3n) is 2.34. The molecule has 0 saturated carbocycles. The topological polar surface area (TPSA) is 63.3 Å². The van der Waals surface area contributed by atoms with Crippen molar-refractivity contribution in [3.05, 3.63) is 52.5 Å². The number of anilines is 1. The number of para-hydroxylation sites is 1. The lowest BCUT2D eigenvalue weighted by Crippen LogP contribution is -2.03. The molecule has 0 spiro atoms. The third-order valence-corrected chi connectivity index (χ3v) is 3.95. The van der Waals surface area contributed by atoms with E-state index in [1.54, 1.807) is 6.07 Å². The minimum atomic E-state index is -1.01. The summed E-state index contributed by atoms with van der Waals surface area (Å²) in [7, 11) is 0. The molecule has 3 N–H and O–H groups in total. The molecule has 0 amide bonds. The van der Waals surface area contributed by atoms with E-state index in [4.69, 9.17) is 10.8 Å². The van der Waals surface area contributed by atoms with Gasteiger partial charge in [-0.2, -0.15) is 0 Å². The van der Waals surface area contributed by atoms with Crippen molar-refractivity contribution in [2.45, 2.75) is 9.79 Å². The van der Waals surface area contributed by atoms with Crippen LogP contribution in [0.3, 0.4) is 0 Å². The maximum Gasteiger partial charge on any atom is 0.337 e. The maximum absolute atomic E-state index is 11.0. The summed E-state index contributed by atoms with van der Waals surface area (Å²) in [5.74, 6) is -1.01. The van der Waals surface area contributed by atoms with Gasteiger partial charge in [-0.1, -0.05) is 33.8 Å². The Kier molecular flexibility index (Phi) is 3.93. The van der Waals surface area contributed by atoms with Gasteiger partial charge in [-0.05, 0) is 36.4 Å². The van der Waals surface area contributed by atoms with Crippen molar-refractivity contribution >= 4 is 39.3 Å². The van der Waals surface area contributed by atoms with E-state index in [-0.39, 0.29) is 5.56 Å². The number of carboxylic acids is 1. The summed E-state index contributed by atoms with van der Waals surface area (Å²) in [6, 6.07) is 12.8. The van der Waals surface area contributed by atoms with E-state index in [1.165, 1.54) is 17.8 Å². The van der Waals surface area contributed by atoms with Crippen LogP contribution in [0.15, 0.2) is 56.7 Å². The summed E-state index contributed by atoms with van der Waals surface area (Å²) in [4.78, 5) is 12.7. The Morgan fingerprint density at radius 3 is 2.44 bits per heavy atom. The Labute approximate surface area is 117 Å². The summed E-state index contributed by atoms with van der Waals surface area (Å²) < 4.78 is 0.999. The van der Waals surface area contributed by atoms with Gasteiger partial charge in [0, 0.05) is 14.3 Å². The minimum absolute atomic E-state index is 0.136. The average molecular weight is 324 g/mol. The molecule has 0 aliphatic rings. The van der Waals surface area contributed by atoms with Crippen LogP contribution in [0.5, 0.6) is 0 Å². The number of carbonyl (C=O) groups is 1. The van der Waals surface area contributed by atoms with Gasteiger partial charge in [0.15, 0.2) is 0 Å². The molecular weight excluding hydrogens is 314 g/mol. The summed E-state index contributed by atoms with van der Waals surface area (Å²) in [6.07, 6.45) is 0. The number of halogens is 1. The van der Waals surface area contributed by atoms with Crippen LogP contribution >= 0.6 is 27.7 Å². The highest BCUT2D eigenvalue weighted by atomic mass is 79.9. The Morgan fingerprint density at radius 1 is 1.17 bits per heavy atom. The molecule has 3 nitrogen and oxygen atoms in total. The van der Waals surface area contributed by atoms with Crippen LogP contribution in [0.4, 0.5) is 5.69 Å². The molecule has 2 aromatic carbocycles. The van der Waals surface area contributed by atoms with Crippen LogP contribution in [-0.4, -0.2) is 11.1 Å². The van der Waals surface area contributed by atoms with Crippen molar-refractivity contribution < 1.29 is 9.90 Å². The van der Waals surface area contributed by atoms with Gasteiger partial charge in [-0.15, -0.1) is 0 Å². The van der Waals surface area contributed by atoms with E-state index in [0.29, 0.717) is 5.69 Å². The van der Waals surface area contributed by atoms with Gasteiger partial charge < -0.3 is 10.8 Å². The van der Waals surface area contributed by atoms with Crippen molar-refractivity contribution in [3.63, 3.8) is 0 Å². The monoisotopic (exact) mass is 323 g/mol. The largest absolute Gasteiger partial charge is 0.478 e. The van der Waals surface area contributed by atoms with Gasteiger partial charge in [-0.3, -0.25) is 0 Å². The number of rotatable bonds is 3. The van der Waals surface area contributed by atoms with E-state index in [0.717, 1.165) is 14.3 Å². The SMILES string of the molecule is Nc1c(Sc2ccc(Br)cc2)cccc1C(=O)O. The lowest BCUT2D eigenvalue weighted by atomic mass is 10.2. The minimum Gasteiger partial charge on any atom is -0.478 e. The molecule has 2 aromatic rings. The van der Waals surface area contributed by atoms with Crippen LogP contribution in [0.2, 0.25) is 0 Å². The predicted octanol–water partition coefficient (Wildman–Crippen LogP) is 3.88. The standard InChI is InChI=1S/C13H10BrNO2S/c14-8-4-6-9(7-5-8)18-11-3-1-2-10(12(11)15)13(16)17/h1-7H,15H2,(H,16,17). The number of hydrogen-bond donors (Lipinski definition) is 2. The van der Waals surface area contributed by atoms with Crippen molar-refractivity contribution in [3.8, 4) is 0 Å². The van der Waals surface area contributed by atoms with Crippen molar-refractivity contribution in [2.75, 3.05) is 5.73 Å². The van der Waals surface area contributed by atoms with Gasteiger partial charge in [0.25, 0.3) is 0 Å². The van der Waals surface area contributed by atoms with Crippen molar-refractivity contribution in [2.24, 2.45) is 0 Å². The molecule has 5 heteroatoms. The average Bonchev–Trinajstić information content (AvgIpc) is 2.34. The second-order valence-corrected chi connectivity index (χ2v) is 5.61. The summed E-state index contributed by atoms with van der Waals surface area (Å²) in [5.41, 5.74) is 6.29. The second-order valence-electron chi connectivity index (χ2n) is 3.58. The molecule has 0 radical (unpaired) electrons. The number of nitrogen functional groups attached to an aromatic ring is 1. The van der Waals surface area contributed by atoms with Gasteiger partial charge in [-0.25, -0.2) is 4.79 Å². The summed E-state index contributed by atoms with van der Waals surface area (Å²) >= 11 is 4.81. The highest BCUT2D eigenvalue weighted by Crippen LogP contribution is 2.34. The molecule has 0 bridgehead atoms. The second kappa shape index (κ2) is 5.46. The molecular formula is C13H10BrNO2S.